The van der Waals surface area contributed by atoms with E-state index >= 15 is 0 Å². The van der Waals surface area contributed by atoms with E-state index < -0.39 is 3.79 Å². The Morgan fingerprint density at radius 1 is 1.26 bits per heavy atom. The van der Waals surface area contributed by atoms with E-state index in [9.17, 15) is 0 Å². The number of aromatic nitrogens is 2. The molecule has 2 nitrogen and oxygen atoms in total. The molecular formula is C14H17Cl3N2. The highest BCUT2D eigenvalue weighted by Gasteiger charge is 2.29. The first-order valence-corrected chi connectivity index (χ1v) is 7.51. The minimum absolute atomic E-state index is 0.458. The van der Waals surface area contributed by atoms with Gasteiger partial charge in [0.1, 0.15) is 0 Å². The van der Waals surface area contributed by atoms with Gasteiger partial charge in [0.2, 0.25) is 3.79 Å². The van der Waals surface area contributed by atoms with Crippen LogP contribution in [0.4, 0.5) is 0 Å². The highest BCUT2D eigenvalue weighted by molar-refractivity contribution is 6.66. The van der Waals surface area contributed by atoms with Crippen LogP contribution in [0.1, 0.15) is 36.7 Å². The zero-order chi connectivity index (χ0) is 14.2. The fourth-order valence-electron chi connectivity index (χ4n) is 2.28. The van der Waals surface area contributed by atoms with Crippen molar-refractivity contribution in [1.82, 2.24) is 9.55 Å². The SMILES string of the molecule is CCCCc1cc2nc(C(Cl)(Cl)Cl)n(C)c2cc1C. The molecule has 1 heterocycles. The van der Waals surface area contributed by atoms with Gasteiger partial charge in [0.05, 0.1) is 11.0 Å². The molecule has 0 spiro atoms. The van der Waals surface area contributed by atoms with E-state index in [1.807, 2.05) is 11.6 Å². The van der Waals surface area contributed by atoms with Gasteiger partial charge in [-0.15, -0.1) is 0 Å². The molecule has 2 rings (SSSR count). The molecule has 19 heavy (non-hydrogen) atoms. The van der Waals surface area contributed by atoms with Crippen LogP contribution in [0.25, 0.3) is 11.0 Å². The summed E-state index contributed by atoms with van der Waals surface area (Å²) in [6, 6.07) is 4.23. The smallest absolute Gasteiger partial charge is 0.248 e. The Kier molecular flexibility index (Phi) is 4.34. The van der Waals surface area contributed by atoms with Crippen molar-refractivity contribution < 1.29 is 0 Å². The van der Waals surface area contributed by atoms with E-state index in [4.69, 9.17) is 34.8 Å². The first-order valence-electron chi connectivity index (χ1n) is 6.37. The number of benzene rings is 1. The van der Waals surface area contributed by atoms with Crippen molar-refractivity contribution in [3.63, 3.8) is 0 Å². The predicted molar refractivity (Wildman–Crippen MR) is 83.3 cm³/mol. The standard InChI is InChI=1S/C14H17Cl3N2/c1-4-5-6-10-8-11-12(7-9(10)2)19(3)13(18-11)14(15,16)17/h7-8H,4-6H2,1-3H3. The fourth-order valence-corrected chi connectivity index (χ4v) is 2.78. The van der Waals surface area contributed by atoms with Crippen LogP contribution in [-0.2, 0) is 17.3 Å². The van der Waals surface area contributed by atoms with Gasteiger partial charge in [-0.25, -0.2) is 4.98 Å². The summed E-state index contributed by atoms with van der Waals surface area (Å²) in [6.07, 6.45) is 3.42. The Labute approximate surface area is 128 Å². The molecule has 1 aromatic heterocycles. The zero-order valence-corrected chi connectivity index (χ0v) is 13.6. The van der Waals surface area contributed by atoms with E-state index in [0.29, 0.717) is 5.82 Å². The number of fused-ring (bicyclic) bond motifs is 1. The average Bonchev–Trinajstić information content (AvgIpc) is 2.63. The van der Waals surface area contributed by atoms with E-state index in [-0.39, 0.29) is 0 Å². The normalized spacial score (nSPS) is 12.3. The third kappa shape index (κ3) is 3.01. The lowest BCUT2D eigenvalue weighted by Crippen LogP contribution is -2.08. The van der Waals surface area contributed by atoms with E-state index in [1.165, 1.54) is 24.0 Å². The van der Waals surface area contributed by atoms with Gasteiger partial charge in [-0.3, -0.25) is 0 Å². The van der Waals surface area contributed by atoms with Gasteiger partial charge in [0.25, 0.3) is 0 Å². The number of aryl methyl sites for hydroxylation is 3. The Bertz CT molecular complexity index is 597. The average molecular weight is 320 g/mol. The van der Waals surface area contributed by atoms with E-state index in [2.05, 4.69) is 31.0 Å². The van der Waals surface area contributed by atoms with E-state index in [1.54, 1.807) is 0 Å². The second-order valence-corrected chi connectivity index (χ2v) is 7.14. The van der Waals surface area contributed by atoms with Crippen LogP contribution in [0, 0.1) is 6.92 Å². The molecule has 1 aromatic carbocycles. The molecule has 0 radical (unpaired) electrons. The van der Waals surface area contributed by atoms with Crippen molar-refractivity contribution in [3.8, 4) is 0 Å². The van der Waals surface area contributed by atoms with Gasteiger partial charge in [-0.05, 0) is 43.0 Å². The number of halogens is 3. The van der Waals surface area contributed by atoms with Gasteiger partial charge in [0.15, 0.2) is 5.82 Å². The Balaban J connectivity index is 2.55. The van der Waals surface area contributed by atoms with Gasteiger partial charge in [-0.2, -0.15) is 0 Å². The second kappa shape index (κ2) is 5.51. The summed E-state index contributed by atoms with van der Waals surface area (Å²) in [5.74, 6) is 0.458. The van der Waals surface area contributed by atoms with Gasteiger partial charge < -0.3 is 4.57 Å². The first kappa shape index (κ1) is 15.0. The molecule has 0 N–H and O–H groups in total. The molecule has 0 saturated carbocycles. The second-order valence-electron chi connectivity index (χ2n) is 4.86. The molecule has 0 aliphatic heterocycles. The number of unbranched alkanes of at least 4 members (excludes halogenated alkanes) is 1. The number of rotatable bonds is 3. The van der Waals surface area contributed by atoms with E-state index in [0.717, 1.165) is 17.5 Å². The Hall–Kier alpha value is -0.440. The summed E-state index contributed by atoms with van der Waals surface area (Å²) in [7, 11) is 1.87. The molecule has 0 amide bonds. The van der Waals surface area contributed by atoms with Crippen molar-refractivity contribution in [3.05, 3.63) is 29.1 Å². The summed E-state index contributed by atoms with van der Waals surface area (Å²) < 4.78 is 0.351. The Morgan fingerprint density at radius 2 is 1.95 bits per heavy atom. The van der Waals surface area contributed by atoms with Crippen LogP contribution >= 0.6 is 34.8 Å². The molecule has 0 aliphatic carbocycles. The van der Waals surface area contributed by atoms with Gasteiger partial charge in [-0.1, -0.05) is 48.1 Å². The lowest BCUT2D eigenvalue weighted by atomic mass is 10.0. The minimum atomic E-state index is -1.49. The molecular weight excluding hydrogens is 303 g/mol. The van der Waals surface area contributed by atoms with Crippen molar-refractivity contribution in [2.75, 3.05) is 0 Å². The van der Waals surface area contributed by atoms with Crippen LogP contribution in [-0.4, -0.2) is 9.55 Å². The molecule has 0 saturated heterocycles. The number of alkyl halides is 3. The van der Waals surface area contributed by atoms with Crippen molar-refractivity contribution in [1.29, 1.82) is 0 Å². The Morgan fingerprint density at radius 3 is 2.53 bits per heavy atom. The van der Waals surface area contributed by atoms with Crippen LogP contribution in [0.5, 0.6) is 0 Å². The number of imidazole rings is 1. The lowest BCUT2D eigenvalue weighted by Gasteiger charge is -2.10. The maximum atomic E-state index is 5.95. The third-order valence-corrected chi connectivity index (χ3v) is 3.90. The summed E-state index contributed by atoms with van der Waals surface area (Å²) in [5, 5.41) is 0. The molecule has 0 atom stereocenters. The number of nitrogens with zero attached hydrogens (tertiary/aromatic N) is 2. The number of hydrogen-bond acceptors (Lipinski definition) is 1. The summed E-state index contributed by atoms with van der Waals surface area (Å²) >= 11 is 17.8. The molecule has 0 fully saturated rings. The van der Waals surface area contributed by atoms with Crippen LogP contribution in [0.15, 0.2) is 12.1 Å². The van der Waals surface area contributed by atoms with Crippen LogP contribution in [0.3, 0.4) is 0 Å². The largest absolute Gasteiger partial charge is 0.327 e. The lowest BCUT2D eigenvalue weighted by molar-refractivity contribution is 0.792. The summed E-state index contributed by atoms with van der Waals surface area (Å²) in [4.78, 5) is 4.46. The quantitative estimate of drug-likeness (QED) is 0.724. The van der Waals surface area contributed by atoms with Crippen LogP contribution in [0.2, 0.25) is 0 Å². The summed E-state index contributed by atoms with van der Waals surface area (Å²) in [5.41, 5.74) is 4.47. The molecule has 104 valence electrons. The van der Waals surface area contributed by atoms with Crippen LogP contribution < -0.4 is 0 Å². The molecule has 2 aromatic rings. The molecule has 0 bridgehead atoms. The zero-order valence-electron chi connectivity index (χ0n) is 11.3. The van der Waals surface area contributed by atoms with Gasteiger partial charge >= 0.3 is 0 Å². The van der Waals surface area contributed by atoms with Crippen molar-refractivity contribution >= 4 is 45.8 Å². The maximum Gasteiger partial charge on any atom is 0.248 e. The maximum absolute atomic E-state index is 5.95. The van der Waals surface area contributed by atoms with Gasteiger partial charge in [0, 0.05) is 7.05 Å². The fraction of sp³-hybridized carbons (Fsp3) is 0.500. The molecule has 0 aliphatic rings. The minimum Gasteiger partial charge on any atom is -0.327 e. The summed E-state index contributed by atoms with van der Waals surface area (Å²) in [6.45, 7) is 4.31. The monoisotopic (exact) mass is 318 g/mol. The predicted octanol–water partition coefficient (Wildman–Crippen LogP) is 5.05. The topological polar surface area (TPSA) is 17.8 Å². The third-order valence-electron chi connectivity index (χ3n) is 3.39. The molecule has 5 heteroatoms. The highest BCUT2D eigenvalue weighted by Crippen LogP contribution is 2.38. The molecule has 0 unspecified atom stereocenters. The van der Waals surface area contributed by atoms with Crippen molar-refractivity contribution in [2.24, 2.45) is 7.05 Å². The number of hydrogen-bond donors (Lipinski definition) is 0. The first-order chi connectivity index (χ1) is 8.84. The highest BCUT2D eigenvalue weighted by atomic mass is 35.6. The van der Waals surface area contributed by atoms with Crippen molar-refractivity contribution in [2.45, 2.75) is 36.9 Å².